The molecule has 0 radical (unpaired) electrons. The first-order valence-corrected chi connectivity index (χ1v) is 8.23. The van der Waals surface area contributed by atoms with Gasteiger partial charge in [-0.2, -0.15) is 5.10 Å². The van der Waals surface area contributed by atoms with Gasteiger partial charge < -0.3 is 14.8 Å². The zero-order valence-corrected chi connectivity index (χ0v) is 13.6. The molecule has 0 fully saturated rings. The van der Waals surface area contributed by atoms with Gasteiger partial charge in [0, 0.05) is 23.7 Å². The maximum absolute atomic E-state index is 6.05. The third kappa shape index (κ3) is 3.05. The van der Waals surface area contributed by atoms with E-state index in [0.717, 1.165) is 53.2 Å². The molecular formula is C18H20N4O2. The highest BCUT2D eigenvalue weighted by Gasteiger charge is 2.12. The molecule has 2 N–H and O–H groups in total. The second kappa shape index (κ2) is 6.49. The van der Waals surface area contributed by atoms with Gasteiger partial charge in [0.2, 0.25) is 0 Å². The molecule has 4 bridgehead atoms. The molecule has 3 aromatic rings. The van der Waals surface area contributed by atoms with Crippen molar-refractivity contribution in [3.8, 4) is 22.8 Å². The van der Waals surface area contributed by atoms with E-state index >= 15 is 0 Å². The molecule has 2 aromatic heterocycles. The monoisotopic (exact) mass is 324 g/mol. The number of H-pyrrole nitrogens is 1. The topological polar surface area (TPSA) is 72.1 Å². The summed E-state index contributed by atoms with van der Waals surface area (Å²) in [5.74, 6) is 1.61. The summed E-state index contributed by atoms with van der Waals surface area (Å²) in [6.45, 7) is 4.37. The number of aromatic amines is 1. The zero-order valence-electron chi connectivity index (χ0n) is 13.6. The molecule has 0 spiro atoms. The van der Waals surface area contributed by atoms with Crippen LogP contribution in [0.1, 0.15) is 13.3 Å². The lowest BCUT2D eigenvalue weighted by Gasteiger charge is -2.15. The fourth-order valence-corrected chi connectivity index (χ4v) is 2.88. The molecule has 24 heavy (non-hydrogen) atoms. The Morgan fingerprint density at radius 3 is 3.04 bits per heavy atom. The fourth-order valence-electron chi connectivity index (χ4n) is 2.88. The summed E-state index contributed by atoms with van der Waals surface area (Å²) in [5.41, 5.74) is 2.75. The van der Waals surface area contributed by atoms with Gasteiger partial charge in [-0.05, 0) is 44.2 Å². The van der Waals surface area contributed by atoms with Crippen molar-refractivity contribution in [1.29, 1.82) is 0 Å². The van der Waals surface area contributed by atoms with Crippen molar-refractivity contribution in [3.05, 3.63) is 36.7 Å². The van der Waals surface area contributed by atoms with Crippen molar-refractivity contribution in [2.75, 3.05) is 19.7 Å². The number of fused-ring (bicyclic) bond motifs is 4. The summed E-state index contributed by atoms with van der Waals surface area (Å²) in [6.07, 6.45) is 4.60. The van der Waals surface area contributed by atoms with Crippen molar-refractivity contribution in [2.45, 2.75) is 19.4 Å². The predicted molar refractivity (Wildman–Crippen MR) is 92.4 cm³/mol. The molecule has 1 aliphatic rings. The van der Waals surface area contributed by atoms with E-state index in [0.29, 0.717) is 6.61 Å². The van der Waals surface area contributed by atoms with Gasteiger partial charge in [0.25, 0.3) is 0 Å². The molecule has 1 aliphatic heterocycles. The lowest BCUT2D eigenvalue weighted by Crippen LogP contribution is -2.26. The molecule has 1 aromatic carbocycles. The van der Waals surface area contributed by atoms with Crippen LogP contribution in [0.15, 0.2) is 36.7 Å². The average molecular weight is 324 g/mol. The first-order chi connectivity index (χ1) is 11.8. The molecular weight excluding hydrogens is 304 g/mol. The molecule has 6 nitrogen and oxygen atoms in total. The van der Waals surface area contributed by atoms with Gasteiger partial charge in [0.1, 0.15) is 23.8 Å². The standard InChI is InChI=1S/C18H20N4O2/c1-12-4-5-19-6-7-23-15-8-13(10-20-11-15)18-16-9-14(24-12)2-3-17(16)21-22-18/h2-3,8-12,19H,4-7H2,1H3,(H,21,22)/t12-/m1/s1. The Balaban J connectivity index is 1.79. The molecule has 0 aliphatic carbocycles. The molecule has 4 rings (SSSR count). The quantitative estimate of drug-likeness (QED) is 0.665. The van der Waals surface area contributed by atoms with Crippen LogP contribution in [-0.2, 0) is 0 Å². The van der Waals surface area contributed by atoms with Gasteiger partial charge in [-0.15, -0.1) is 0 Å². The Bertz CT molecular complexity index is 846. The molecule has 124 valence electrons. The minimum absolute atomic E-state index is 0.138. The second-order valence-corrected chi connectivity index (χ2v) is 6.00. The van der Waals surface area contributed by atoms with Gasteiger partial charge in [-0.1, -0.05) is 0 Å². The number of ether oxygens (including phenoxy) is 2. The van der Waals surface area contributed by atoms with Crippen molar-refractivity contribution in [3.63, 3.8) is 0 Å². The van der Waals surface area contributed by atoms with Gasteiger partial charge in [-0.25, -0.2) is 0 Å². The number of benzene rings is 1. The number of pyridine rings is 1. The highest BCUT2D eigenvalue weighted by molar-refractivity contribution is 5.93. The van der Waals surface area contributed by atoms with E-state index in [1.807, 2.05) is 24.3 Å². The van der Waals surface area contributed by atoms with Gasteiger partial charge in [0.05, 0.1) is 17.8 Å². The fraction of sp³-hybridized carbons (Fsp3) is 0.333. The molecule has 6 heteroatoms. The lowest BCUT2D eigenvalue weighted by atomic mass is 10.1. The summed E-state index contributed by atoms with van der Waals surface area (Å²) in [5, 5.41) is 11.9. The lowest BCUT2D eigenvalue weighted by molar-refractivity contribution is 0.208. The second-order valence-electron chi connectivity index (χ2n) is 6.00. The molecule has 0 saturated heterocycles. The molecule has 0 unspecified atom stereocenters. The third-order valence-corrected chi connectivity index (χ3v) is 4.13. The minimum Gasteiger partial charge on any atom is -0.491 e. The Hall–Kier alpha value is -2.60. The van der Waals surface area contributed by atoms with E-state index in [9.17, 15) is 0 Å². The number of rotatable bonds is 0. The van der Waals surface area contributed by atoms with E-state index in [2.05, 4.69) is 27.4 Å². The molecule has 3 heterocycles. The van der Waals surface area contributed by atoms with Crippen molar-refractivity contribution in [1.82, 2.24) is 20.5 Å². The summed E-state index contributed by atoms with van der Waals surface area (Å²) >= 11 is 0. The normalized spacial score (nSPS) is 18.5. The summed E-state index contributed by atoms with van der Waals surface area (Å²) in [4.78, 5) is 4.28. The van der Waals surface area contributed by atoms with Crippen molar-refractivity contribution >= 4 is 10.9 Å². The SMILES string of the molecule is C[C@@H]1CCNCCOc2cncc(c2)-c2n[nH]c3ccc(cc23)O1. The smallest absolute Gasteiger partial charge is 0.138 e. The minimum atomic E-state index is 0.138. The van der Waals surface area contributed by atoms with Gasteiger partial charge in [-0.3, -0.25) is 10.1 Å². The maximum Gasteiger partial charge on any atom is 0.138 e. The first kappa shape index (κ1) is 15.0. The highest BCUT2D eigenvalue weighted by atomic mass is 16.5. The van der Waals surface area contributed by atoms with Crippen LogP contribution in [0, 0.1) is 0 Å². The average Bonchev–Trinajstić information content (AvgIpc) is 3.01. The Kier molecular flexibility index (Phi) is 4.04. The third-order valence-electron chi connectivity index (χ3n) is 4.13. The van der Waals surface area contributed by atoms with E-state index < -0.39 is 0 Å². The molecule has 0 saturated carbocycles. The largest absolute Gasteiger partial charge is 0.491 e. The van der Waals surface area contributed by atoms with Crippen molar-refractivity contribution in [2.24, 2.45) is 0 Å². The Morgan fingerprint density at radius 2 is 2.08 bits per heavy atom. The van der Waals surface area contributed by atoms with E-state index in [-0.39, 0.29) is 6.10 Å². The summed E-state index contributed by atoms with van der Waals surface area (Å²) in [7, 11) is 0. The Labute approximate surface area is 140 Å². The highest BCUT2D eigenvalue weighted by Crippen LogP contribution is 2.30. The van der Waals surface area contributed by atoms with E-state index in [1.54, 1.807) is 12.4 Å². The summed E-state index contributed by atoms with van der Waals surface area (Å²) < 4.78 is 11.8. The van der Waals surface area contributed by atoms with Crippen LogP contribution in [0.5, 0.6) is 11.5 Å². The van der Waals surface area contributed by atoms with Crippen LogP contribution in [0.3, 0.4) is 0 Å². The number of nitrogens with zero attached hydrogens (tertiary/aromatic N) is 2. The van der Waals surface area contributed by atoms with Gasteiger partial charge >= 0.3 is 0 Å². The molecule has 1 atom stereocenters. The zero-order chi connectivity index (χ0) is 16.4. The van der Waals surface area contributed by atoms with Gasteiger partial charge in [0.15, 0.2) is 0 Å². The number of hydrogen-bond donors (Lipinski definition) is 2. The summed E-state index contributed by atoms with van der Waals surface area (Å²) in [6, 6.07) is 7.98. The van der Waals surface area contributed by atoms with E-state index in [1.165, 1.54) is 0 Å². The first-order valence-electron chi connectivity index (χ1n) is 8.23. The predicted octanol–water partition coefficient (Wildman–Crippen LogP) is 2.76. The number of aromatic nitrogens is 3. The van der Waals surface area contributed by atoms with Crippen LogP contribution in [0.4, 0.5) is 0 Å². The maximum atomic E-state index is 6.05. The number of nitrogens with one attached hydrogen (secondary N) is 2. The van der Waals surface area contributed by atoms with Crippen LogP contribution in [0.2, 0.25) is 0 Å². The van der Waals surface area contributed by atoms with Crippen LogP contribution in [-0.4, -0.2) is 41.0 Å². The van der Waals surface area contributed by atoms with Crippen molar-refractivity contribution < 1.29 is 9.47 Å². The van der Waals surface area contributed by atoms with Crippen LogP contribution >= 0.6 is 0 Å². The Morgan fingerprint density at radius 1 is 1.12 bits per heavy atom. The number of hydrogen-bond acceptors (Lipinski definition) is 5. The van der Waals surface area contributed by atoms with Crippen LogP contribution < -0.4 is 14.8 Å². The van der Waals surface area contributed by atoms with Crippen LogP contribution in [0.25, 0.3) is 22.2 Å². The molecule has 0 amide bonds. The van der Waals surface area contributed by atoms with E-state index in [4.69, 9.17) is 9.47 Å².